The lowest BCUT2D eigenvalue weighted by atomic mass is 9.93. The maximum absolute atomic E-state index is 13.4. The largest absolute Gasteiger partial charge is 0.323 e. The number of Topliss-reactive ketones (excluding diaryl/α,β-unsaturated/α-hetero) is 2. The number of ketones is 2. The van der Waals surface area contributed by atoms with Gasteiger partial charge in [0.15, 0.2) is 5.78 Å². The number of aryl methyl sites for hydroxylation is 1. The highest BCUT2D eigenvalue weighted by molar-refractivity contribution is 6.23. The van der Waals surface area contributed by atoms with E-state index in [0.717, 1.165) is 10.5 Å². The number of rotatable bonds is 4. The lowest BCUT2D eigenvalue weighted by Crippen LogP contribution is -2.45. The molecule has 2 aliphatic rings. The molecular formula is C26H27N3O5. The average Bonchev–Trinajstić information content (AvgIpc) is 3.04. The van der Waals surface area contributed by atoms with Crippen LogP contribution in [0.1, 0.15) is 63.9 Å². The lowest BCUT2D eigenvalue weighted by molar-refractivity contribution is -0.125. The number of nitrogens with one attached hydrogen (secondary N) is 1. The number of benzene rings is 2. The highest BCUT2D eigenvalue weighted by Crippen LogP contribution is 2.31. The molecule has 34 heavy (non-hydrogen) atoms. The van der Waals surface area contributed by atoms with Crippen molar-refractivity contribution in [1.29, 1.82) is 0 Å². The van der Waals surface area contributed by atoms with E-state index in [4.69, 9.17) is 0 Å². The zero-order valence-corrected chi connectivity index (χ0v) is 19.3. The molecule has 0 spiro atoms. The van der Waals surface area contributed by atoms with E-state index < -0.39 is 17.9 Å². The van der Waals surface area contributed by atoms with Crippen LogP contribution in [0, 0.1) is 6.92 Å². The van der Waals surface area contributed by atoms with E-state index in [9.17, 15) is 24.0 Å². The highest BCUT2D eigenvalue weighted by Gasteiger charge is 2.44. The number of carbonyl (C=O) groups is 5. The van der Waals surface area contributed by atoms with Crippen LogP contribution in [0.5, 0.6) is 0 Å². The standard InChI is InChI=1S/C26H27N3O5/c1-16-6-3-8-18(14-16)27-26(34)28(2)15-17-7-4-10-20-23(17)25(33)29(24(20)32)21-13-12-19(30)9-5-11-22(21)31/h3-4,6-8,10,14,21H,5,9,11-13,15H2,1-2H3,(H,27,34). The van der Waals surface area contributed by atoms with Gasteiger partial charge in [0, 0.05) is 38.5 Å². The fourth-order valence-corrected chi connectivity index (χ4v) is 4.54. The van der Waals surface area contributed by atoms with Crippen molar-refractivity contribution >= 4 is 35.1 Å². The number of amides is 4. The smallest absolute Gasteiger partial charge is 0.321 e. The van der Waals surface area contributed by atoms with Gasteiger partial charge >= 0.3 is 6.03 Å². The van der Waals surface area contributed by atoms with Crippen molar-refractivity contribution < 1.29 is 24.0 Å². The Morgan fingerprint density at radius 2 is 1.79 bits per heavy atom. The van der Waals surface area contributed by atoms with Gasteiger partial charge in [-0.05, 0) is 49.1 Å². The monoisotopic (exact) mass is 461 g/mol. The molecule has 1 fully saturated rings. The number of nitrogens with zero attached hydrogens (tertiary/aromatic N) is 2. The Labute approximate surface area is 197 Å². The van der Waals surface area contributed by atoms with E-state index in [2.05, 4.69) is 5.32 Å². The number of carbonyl (C=O) groups excluding carboxylic acids is 5. The molecule has 0 bridgehead atoms. The van der Waals surface area contributed by atoms with Gasteiger partial charge in [0.05, 0.1) is 17.2 Å². The minimum atomic E-state index is -0.938. The molecule has 4 amide bonds. The Bertz CT molecular complexity index is 1190. The Morgan fingerprint density at radius 1 is 1.03 bits per heavy atom. The first kappa shape index (κ1) is 23.4. The first-order valence-electron chi connectivity index (χ1n) is 11.4. The SMILES string of the molecule is Cc1cccc(NC(=O)N(C)Cc2cccc3c2C(=O)N(C2CCC(=O)CCCC2=O)C3=O)c1. The van der Waals surface area contributed by atoms with Crippen molar-refractivity contribution in [1.82, 2.24) is 9.80 Å². The van der Waals surface area contributed by atoms with Gasteiger partial charge < -0.3 is 10.2 Å². The molecule has 1 atom stereocenters. The van der Waals surface area contributed by atoms with Gasteiger partial charge in [0.2, 0.25) is 0 Å². The Morgan fingerprint density at radius 3 is 2.56 bits per heavy atom. The Kier molecular flexibility index (Phi) is 6.58. The van der Waals surface area contributed by atoms with Gasteiger partial charge in [-0.25, -0.2) is 4.79 Å². The Hall–Kier alpha value is -3.81. The summed E-state index contributed by atoms with van der Waals surface area (Å²) in [4.78, 5) is 66.3. The van der Waals surface area contributed by atoms with E-state index in [-0.39, 0.29) is 54.5 Å². The minimum absolute atomic E-state index is 0.0380. The normalized spacial score (nSPS) is 18.4. The van der Waals surface area contributed by atoms with Crippen molar-refractivity contribution in [3.8, 4) is 0 Å². The molecule has 1 aliphatic heterocycles. The molecular weight excluding hydrogens is 434 g/mol. The molecule has 1 N–H and O–H groups in total. The van der Waals surface area contributed by atoms with E-state index >= 15 is 0 Å². The summed E-state index contributed by atoms with van der Waals surface area (Å²) in [5, 5.41) is 2.82. The zero-order valence-electron chi connectivity index (χ0n) is 19.3. The Balaban J connectivity index is 1.55. The highest BCUT2D eigenvalue weighted by atomic mass is 16.2. The molecule has 1 unspecified atom stereocenters. The summed E-state index contributed by atoms with van der Waals surface area (Å²) in [6.45, 7) is 2.03. The van der Waals surface area contributed by atoms with Crippen molar-refractivity contribution in [2.24, 2.45) is 0 Å². The summed E-state index contributed by atoms with van der Waals surface area (Å²) in [5.74, 6) is -1.23. The summed E-state index contributed by atoms with van der Waals surface area (Å²) in [6, 6.07) is 11.0. The first-order chi connectivity index (χ1) is 16.3. The minimum Gasteiger partial charge on any atom is -0.323 e. The van der Waals surface area contributed by atoms with Gasteiger partial charge in [-0.15, -0.1) is 0 Å². The third-order valence-electron chi connectivity index (χ3n) is 6.31. The predicted octanol–water partition coefficient (Wildman–Crippen LogP) is 3.73. The topological polar surface area (TPSA) is 104 Å². The van der Waals surface area contributed by atoms with Crippen molar-refractivity contribution in [2.45, 2.75) is 51.6 Å². The van der Waals surface area contributed by atoms with Crippen LogP contribution < -0.4 is 5.32 Å². The number of anilines is 1. The maximum atomic E-state index is 13.4. The van der Waals surface area contributed by atoms with Gasteiger partial charge in [0.25, 0.3) is 11.8 Å². The summed E-state index contributed by atoms with van der Waals surface area (Å²) in [5.41, 5.74) is 2.62. The summed E-state index contributed by atoms with van der Waals surface area (Å²) in [7, 11) is 1.60. The van der Waals surface area contributed by atoms with Crippen LogP contribution in [-0.4, -0.2) is 52.3 Å². The van der Waals surface area contributed by atoms with E-state index in [0.29, 0.717) is 24.1 Å². The molecule has 0 saturated heterocycles. The number of imide groups is 1. The summed E-state index contributed by atoms with van der Waals surface area (Å²) < 4.78 is 0. The fraction of sp³-hybridized carbons (Fsp3) is 0.346. The van der Waals surface area contributed by atoms with Crippen molar-refractivity contribution in [3.05, 3.63) is 64.7 Å². The van der Waals surface area contributed by atoms with Crippen LogP contribution in [-0.2, 0) is 16.1 Å². The molecule has 1 saturated carbocycles. The molecule has 0 radical (unpaired) electrons. The van der Waals surface area contributed by atoms with Gasteiger partial charge in [0.1, 0.15) is 5.78 Å². The van der Waals surface area contributed by atoms with Crippen LogP contribution >= 0.6 is 0 Å². The number of urea groups is 1. The van der Waals surface area contributed by atoms with Crippen LogP contribution in [0.15, 0.2) is 42.5 Å². The van der Waals surface area contributed by atoms with Crippen LogP contribution in [0.4, 0.5) is 10.5 Å². The van der Waals surface area contributed by atoms with Gasteiger partial charge in [-0.3, -0.25) is 24.1 Å². The molecule has 8 nitrogen and oxygen atoms in total. The quantitative estimate of drug-likeness (QED) is 0.699. The van der Waals surface area contributed by atoms with Gasteiger partial charge in [-0.1, -0.05) is 24.3 Å². The van der Waals surface area contributed by atoms with E-state index in [1.54, 1.807) is 31.3 Å². The summed E-state index contributed by atoms with van der Waals surface area (Å²) in [6.07, 6.45) is 1.26. The number of hydrogen-bond donors (Lipinski definition) is 1. The molecule has 1 heterocycles. The molecule has 1 aliphatic carbocycles. The predicted molar refractivity (Wildman–Crippen MR) is 125 cm³/mol. The number of hydrogen-bond acceptors (Lipinski definition) is 5. The molecule has 176 valence electrons. The molecule has 2 aromatic rings. The molecule has 8 heteroatoms. The third kappa shape index (κ3) is 4.62. The summed E-state index contributed by atoms with van der Waals surface area (Å²) >= 11 is 0. The second-order valence-corrected chi connectivity index (χ2v) is 8.89. The second-order valence-electron chi connectivity index (χ2n) is 8.89. The van der Waals surface area contributed by atoms with Crippen LogP contribution in [0.2, 0.25) is 0 Å². The zero-order chi connectivity index (χ0) is 24.4. The molecule has 0 aromatic heterocycles. The van der Waals surface area contributed by atoms with Gasteiger partial charge in [-0.2, -0.15) is 0 Å². The molecule has 2 aromatic carbocycles. The van der Waals surface area contributed by atoms with E-state index in [1.165, 1.54) is 4.90 Å². The fourth-order valence-electron chi connectivity index (χ4n) is 4.54. The average molecular weight is 462 g/mol. The van der Waals surface area contributed by atoms with Crippen molar-refractivity contribution in [2.75, 3.05) is 12.4 Å². The third-order valence-corrected chi connectivity index (χ3v) is 6.31. The lowest BCUT2D eigenvalue weighted by Gasteiger charge is -2.26. The molecule has 4 rings (SSSR count). The van der Waals surface area contributed by atoms with Crippen LogP contribution in [0.3, 0.4) is 0 Å². The van der Waals surface area contributed by atoms with E-state index in [1.807, 2.05) is 25.1 Å². The van der Waals surface area contributed by atoms with Crippen LogP contribution in [0.25, 0.3) is 0 Å². The second kappa shape index (κ2) is 9.59. The van der Waals surface area contributed by atoms with Crippen molar-refractivity contribution in [3.63, 3.8) is 0 Å². The first-order valence-corrected chi connectivity index (χ1v) is 11.4. The number of fused-ring (bicyclic) bond motifs is 1. The maximum Gasteiger partial charge on any atom is 0.321 e.